The van der Waals surface area contributed by atoms with Crippen LogP contribution in [-0.4, -0.2) is 34.6 Å². The second-order valence-electron chi connectivity index (χ2n) is 3.47. The van der Waals surface area contributed by atoms with Gasteiger partial charge in [-0.05, 0) is 13.3 Å². The molecule has 1 saturated carbocycles. The van der Waals surface area contributed by atoms with Crippen molar-refractivity contribution in [2.45, 2.75) is 25.0 Å². The molecule has 1 saturated heterocycles. The second kappa shape index (κ2) is 1.37. The van der Waals surface area contributed by atoms with Gasteiger partial charge in [0.15, 0.2) is 0 Å². The standard InChI is InChI=1S/C7H11NO2/c1-7(10)4-3-5(4)8(2)6(7)9/h4-5,10H,3H2,1-2H3/t4-,5?,7-/m0/s1. The molecule has 1 aliphatic carbocycles. The van der Waals surface area contributed by atoms with Crippen molar-refractivity contribution in [3.63, 3.8) is 0 Å². The van der Waals surface area contributed by atoms with Crippen LogP contribution in [-0.2, 0) is 4.79 Å². The maximum Gasteiger partial charge on any atom is 0.254 e. The Morgan fingerprint density at radius 3 is 2.60 bits per heavy atom. The molecule has 10 heavy (non-hydrogen) atoms. The summed E-state index contributed by atoms with van der Waals surface area (Å²) < 4.78 is 0. The van der Waals surface area contributed by atoms with Gasteiger partial charge in [0.05, 0.1) is 0 Å². The average molecular weight is 141 g/mol. The van der Waals surface area contributed by atoms with Crippen molar-refractivity contribution >= 4 is 5.91 Å². The zero-order chi connectivity index (χ0) is 7.52. The summed E-state index contributed by atoms with van der Waals surface area (Å²) in [5, 5.41) is 9.55. The van der Waals surface area contributed by atoms with Crippen LogP contribution in [0.25, 0.3) is 0 Å². The van der Waals surface area contributed by atoms with Crippen LogP contribution in [0, 0.1) is 5.92 Å². The van der Waals surface area contributed by atoms with Gasteiger partial charge in [0.2, 0.25) is 0 Å². The molecule has 1 N–H and O–H groups in total. The largest absolute Gasteiger partial charge is 0.380 e. The molecule has 1 unspecified atom stereocenters. The molecular formula is C7H11NO2. The Kier molecular flexibility index (Phi) is 0.844. The van der Waals surface area contributed by atoms with Crippen LogP contribution in [0.15, 0.2) is 0 Å². The van der Waals surface area contributed by atoms with Crippen molar-refractivity contribution in [2.75, 3.05) is 7.05 Å². The number of fused-ring (bicyclic) bond motifs is 1. The highest BCUT2D eigenvalue weighted by atomic mass is 16.3. The average Bonchev–Trinajstić information content (AvgIpc) is 2.58. The first-order valence-electron chi connectivity index (χ1n) is 3.55. The molecule has 1 amide bonds. The van der Waals surface area contributed by atoms with Gasteiger partial charge in [0.25, 0.3) is 5.91 Å². The van der Waals surface area contributed by atoms with E-state index in [1.54, 1.807) is 18.9 Å². The molecule has 3 atom stereocenters. The Morgan fingerprint density at radius 2 is 2.40 bits per heavy atom. The lowest BCUT2D eigenvalue weighted by atomic mass is 10.0. The third-order valence-corrected chi connectivity index (χ3v) is 2.73. The van der Waals surface area contributed by atoms with Crippen molar-refractivity contribution < 1.29 is 9.90 Å². The smallest absolute Gasteiger partial charge is 0.254 e. The van der Waals surface area contributed by atoms with Crippen LogP contribution < -0.4 is 0 Å². The van der Waals surface area contributed by atoms with E-state index in [4.69, 9.17) is 0 Å². The monoisotopic (exact) mass is 141 g/mol. The molecule has 1 heterocycles. The zero-order valence-corrected chi connectivity index (χ0v) is 6.16. The molecule has 0 aromatic carbocycles. The molecule has 2 rings (SSSR count). The summed E-state index contributed by atoms with van der Waals surface area (Å²) in [7, 11) is 1.76. The number of carbonyl (C=O) groups excluding carboxylic acids is 1. The number of aliphatic hydroxyl groups is 1. The Balaban J connectivity index is 2.33. The number of hydrogen-bond donors (Lipinski definition) is 1. The third kappa shape index (κ3) is 0.475. The highest BCUT2D eigenvalue weighted by Crippen LogP contribution is 2.50. The van der Waals surface area contributed by atoms with E-state index in [9.17, 15) is 9.90 Å². The van der Waals surface area contributed by atoms with E-state index in [1.807, 2.05) is 0 Å². The third-order valence-electron chi connectivity index (χ3n) is 2.73. The van der Waals surface area contributed by atoms with Crippen LogP contribution in [0.4, 0.5) is 0 Å². The summed E-state index contributed by atoms with van der Waals surface area (Å²) in [6.45, 7) is 1.61. The number of nitrogens with zero attached hydrogens (tertiary/aromatic N) is 1. The fourth-order valence-corrected chi connectivity index (χ4v) is 1.88. The van der Waals surface area contributed by atoms with Gasteiger partial charge in [-0.15, -0.1) is 0 Å². The quantitative estimate of drug-likeness (QED) is 0.498. The van der Waals surface area contributed by atoms with Crippen molar-refractivity contribution in [1.29, 1.82) is 0 Å². The maximum absolute atomic E-state index is 11.1. The first kappa shape index (κ1) is 6.16. The lowest BCUT2D eigenvalue weighted by molar-refractivity contribution is -0.144. The fraction of sp³-hybridized carbons (Fsp3) is 0.857. The minimum Gasteiger partial charge on any atom is -0.380 e. The highest BCUT2D eigenvalue weighted by molar-refractivity contribution is 5.89. The second-order valence-corrected chi connectivity index (χ2v) is 3.47. The minimum atomic E-state index is -1.06. The predicted molar refractivity (Wildman–Crippen MR) is 35.3 cm³/mol. The summed E-state index contributed by atoms with van der Waals surface area (Å²) in [5.41, 5.74) is -1.06. The molecule has 56 valence electrons. The van der Waals surface area contributed by atoms with Gasteiger partial charge in [-0.1, -0.05) is 0 Å². The summed E-state index contributed by atoms with van der Waals surface area (Å²) in [6.07, 6.45) is 0.981. The highest BCUT2D eigenvalue weighted by Gasteiger charge is 2.63. The van der Waals surface area contributed by atoms with Crippen molar-refractivity contribution in [3.05, 3.63) is 0 Å². The number of hydrogen-bond acceptors (Lipinski definition) is 2. The Hall–Kier alpha value is -0.570. The number of rotatable bonds is 0. The first-order valence-corrected chi connectivity index (χ1v) is 3.55. The number of likely N-dealkylation sites (tertiary alicyclic amines) is 1. The number of likely N-dealkylation sites (N-methyl/N-ethyl adjacent to an activating group) is 1. The van der Waals surface area contributed by atoms with Gasteiger partial charge >= 0.3 is 0 Å². The van der Waals surface area contributed by atoms with E-state index in [0.29, 0.717) is 6.04 Å². The summed E-state index contributed by atoms with van der Waals surface area (Å²) in [4.78, 5) is 12.8. The van der Waals surface area contributed by atoms with E-state index in [1.165, 1.54) is 0 Å². The minimum absolute atomic E-state index is 0.117. The summed E-state index contributed by atoms with van der Waals surface area (Å²) >= 11 is 0. The van der Waals surface area contributed by atoms with Crippen LogP contribution in [0.5, 0.6) is 0 Å². The van der Waals surface area contributed by atoms with Crippen molar-refractivity contribution in [1.82, 2.24) is 4.90 Å². The van der Waals surface area contributed by atoms with Crippen LogP contribution >= 0.6 is 0 Å². The molecule has 0 aromatic heterocycles. The van der Waals surface area contributed by atoms with Gasteiger partial charge in [0, 0.05) is 19.0 Å². The van der Waals surface area contributed by atoms with Gasteiger partial charge in [-0.25, -0.2) is 0 Å². The number of amides is 1. The lowest BCUT2D eigenvalue weighted by Crippen LogP contribution is -2.40. The zero-order valence-electron chi connectivity index (χ0n) is 6.16. The molecule has 2 aliphatic rings. The van der Waals surface area contributed by atoms with Gasteiger partial charge in [-0.3, -0.25) is 4.79 Å². The normalized spacial score (nSPS) is 51.5. The molecule has 3 nitrogen and oxygen atoms in total. The Labute approximate surface area is 59.6 Å². The van der Waals surface area contributed by atoms with E-state index in [-0.39, 0.29) is 11.8 Å². The molecule has 0 bridgehead atoms. The fourth-order valence-electron chi connectivity index (χ4n) is 1.88. The molecule has 2 fully saturated rings. The van der Waals surface area contributed by atoms with Gasteiger partial charge < -0.3 is 10.0 Å². The lowest BCUT2D eigenvalue weighted by Gasteiger charge is -2.19. The van der Waals surface area contributed by atoms with Crippen LogP contribution in [0.1, 0.15) is 13.3 Å². The van der Waals surface area contributed by atoms with E-state index in [0.717, 1.165) is 6.42 Å². The number of piperidine rings is 1. The van der Waals surface area contributed by atoms with Crippen molar-refractivity contribution in [2.24, 2.45) is 5.92 Å². The van der Waals surface area contributed by atoms with E-state index in [2.05, 4.69) is 0 Å². The Morgan fingerprint density at radius 1 is 1.80 bits per heavy atom. The number of carbonyl (C=O) groups is 1. The molecule has 0 spiro atoms. The van der Waals surface area contributed by atoms with Gasteiger partial charge in [-0.2, -0.15) is 0 Å². The first-order chi connectivity index (χ1) is 4.55. The van der Waals surface area contributed by atoms with Crippen LogP contribution in [0.3, 0.4) is 0 Å². The molecule has 1 aliphatic heterocycles. The molecular weight excluding hydrogens is 130 g/mol. The predicted octanol–water partition coefficient (Wildman–Crippen LogP) is -0.402. The van der Waals surface area contributed by atoms with Crippen LogP contribution in [0.2, 0.25) is 0 Å². The van der Waals surface area contributed by atoms with Crippen molar-refractivity contribution in [3.8, 4) is 0 Å². The summed E-state index contributed by atoms with van der Waals surface area (Å²) in [5.74, 6) is 0.0961. The topological polar surface area (TPSA) is 40.5 Å². The van der Waals surface area contributed by atoms with Gasteiger partial charge in [0.1, 0.15) is 5.60 Å². The molecule has 0 aromatic rings. The summed E-state index contributed by atoms with van der Waals surface area (Å²) in [6, 6.07) is 0.336. The molecule has 3 heteroatoms. The van der Waals surface area contributed by atoms with E-state index >= 15 is 0 Å². The molecule has 0 radical (unpaired) electrons. The maximum atomic E-state index is 11.1. The SMILES string of the molecule is CN1C(=O)[C@@](C)(O)[C@H]2CC21. The van der Waals surface area contributed by atoms with E-state index < -0.39 is 5.60 Å². The Bertz CT molecular complexity index is 200.